The third kappa shape index (κ3) is 2.80. The van der Waals surface area contributed by atoms with Crippen molar-refractivity contribution in [1.82, 2.24) is 0 Å². The molecule has 11 atom stereocenters. The van der Waals surface area contributed by atoms with E-state index in [1.807, 2.05) is 0 Å². The van der Waals surface area contributed by atoms with E-state index in [1.165, 1.54) is 24.3 Å². The molecule has 3 saturated carbocycles. The van der Waals surface area contributed by atoms with Crippen molar-refractivity contribution in [3.05, 3.63) is 29.8 Å². The van der Waals surface area contributed by atoms with Crippen LogP contribution in [0.4, 0.5) is 0 Å². The molecule has 35 heavy (non-hydrogen) atoms. The number of phenols is 1. The number of carbonyl (C=O) groups is 1. The van der Waals surface area contributed by atoms with Gasteiger partial charge in [0.1, 0.15) is 48.0 Å². The van der Waals surface area contributed by atoms with Crippen molar-refractivity contribution in [2.24, 2.45) is 11.3 Å². The number of aromatic hydroxyl groups is 1. The van der Waals surface area contributed by atoms with Gasteiger partial charge >= 0.3 is 5.97 Å². The average molecular weight is 496 g/mol. The third-order valence-electron chi connectivity index (χ3n) is 8.66. The molecule has 4 heterocycles. The van der Waals surface area contributed by atoms with Gasteiger partial charge in [-0.15, -0.1) is 0 Å². The number of hydrogen-bond acceptors (Lipinski definition) is 12. The molecular weight excluding hydrogens is 468 g/mol. The number of aliphatic hydroxyl groups excluding tert-OH is 4. The maximum Gasteiger partial charge on any atom is 0.338 e. The van der Waals surface area contributed by atoms with Gasteiger partial charge in [0, 0.05) is 12.3 Å². The summed E-state index contributed by atoms with van der Waals surface area (Å²) in [6, 6.07) is 5.54. The van der Waals surface area contributed by atoms with Crippen LogP contribution in [0, 0.1) is 11.3 Å². The number of esters is 1. The lowest BCUT2D eigenvalue weighted by molar-refractivity contribution is -0.424. The lowest BCUT2D eigenvalue weighted by atomic mass is 9.41. The second-order valence-corrected chi connectivity index (χ2v) is 10.4. The Labute approximate surface area is 199 Å². The third-order valence-corrected chi connectivity index (χ3v) is 8.66. The second kappa shape index (κ2) is 7.34. The minimum absolute atomic E-state index is 0.00282. The minimum Gasteiger partial charge on any atom is -0.508 e. The zero-order valence-electron chi connectivity index (χ0n) is 18.8. The lowest BCUT2D eigenvalue weighted by Crippen LogP contribution is -2.80. The number of benzene rings is 1. The Kier molecular flexibility index (Phi) is 4.93. The molecule has 0 amide bonds. The van der Waals surface area contributed by atoms with Crippen LogP contribution >= 0.6 is 0 Å². The molecule has 6 N–H and O–H groups in total. The van der Waals surface area contributed by atoms with Crippen LogP contribution in [-0.2, 0) is 23.7 Å². The first-order valence-electron chi connectivity index (χ1n) is 11.5. The van der Waals surface area contributed by atoms with Gasteiger partial charge in [-0.05, 0) is 37.6 Å². The molecule has 0 aromatic heterocycles. The number of hydrogen-bond donors (Lipinski definition) is 6. The molecule has 7 fully saturated rings. The Hall–Kier alpha value is -1.87. The minimum atomic E-state index is -1.64. The highest BCUT2D eigenvalue weighted by molar-refractivity contribution is 5.89. The van der Waals surface area contributed by atoms with Gasteiger partial charge in [-0.2, -0.15) is 0 Å². The van der Waals surface area contributed by atoms with Gasteiger partial charge < -0.3 is 54.3 Å². The second-order valence-electron chi connectivity index (χ2n) is 10.4. The summed E-state index contributed by atoms with van der Waals surface area (Å²) in [6.07, 6.45) is -8.10. The van der Waals surface area contributed by atoms with Crippen molar-refractivity contribution < 1.29 is 59.1 Å². The molecule has 0 unspecified atom stereocenters. The first-order chi connectivity index (χ1) is 16.5. The molecule has 7 aliphatic rings. The van der Waals surface area contributed by atoms with Crippen molar-refractivity contribution in [3.8, 4) is 5.75 Å². The van der Waals surface area contributed by atoms with Gasteiger partial charge in [-0.3, -0.25) is 0 Å². The number of rotatable bonds is 6. The van der Waals surface area contributed by atoms with Crippen LogP contribution in [-0.4, -0.2) is 104 Å². The van der Waals surface area contributed by atoms with Crippen LogP contribution in [0.5, 0.6) is 5.75 Å². The van der Waals surface area contributed by atoms with Gasteiger partial charge in [0.2, 0.25) is 0 Å². The molecule has 12 nitrogen and oxygen atoms in total. The molecule has 1 aromatic rings. The van der Waals surface area contributed by atoms with Crippen LogP contribution in [0.1, 0.15) is 30.1 Å². The van der Waals surface area contributed by atoms with Crippen molar-refractivity contribution in [2.75, 3.05) is 13.2 Å². The SMILES string of the molecule is C[C@]12C[C@]3(O)O[C@H](O1)[C@@]1(COC(=O)c4ccc(O)cc4)[C@@H]3C[C@]12O[C@H]1O[C@@H](CO)[C@H](O)[C@@H](O)[C@@H]1O. The fourth-order valence-corrected chi connectivity index (χ4v) is 6.90. The van der Waals surface area contributed by atoms with Crippen molar-refractivity contribution in [2.45, 2.75) is 73.8 Å². The van der Waals surface area contributed by atoms with E-state index in [-0.39, 0.29) is 30.8 Å². The van der Waals surface area contributed by atoms with E-state index >= 15 is 0 Å². The number of aliphatic hydroxyl groups is 5. The monoisotopic (exact) mass is 496 g/mol. The summed E-state index contributed by atoms with van der Waals surface area (Å²) in [6.45, 7) is 0.878. The van der Waals surface area contributed by atoms with E-state index in [1.54, 1.807) is 6.92 Å². The molecule has 192 valence electrons. The highest BCUT2D eigenvalue weighted by Crippen LogP contribution is 2.81. The molecule has 4 aliphatic heterocycles. The van der Waals surface area contributed by atoms with Gasteiger partial charge in [-0.1, -0.05) is 0 Å². The average Bonchev–Trinajstić information content (AvgIpc) is 3.00. The molecule has 6 bridgehead atoms. The molecule has 3 aliphatic carbocycles. The Bertz CT molecular complexity index is 1030. The number of carbonyl (C=O) groups excluding carboxylic acids is 1. The van der Waals surface area contributed by atoms with E-state index in [9.17, 15) is 35.4 Å². The van der Waals surface area contributed by atoms with E-state index in [0.717, 1.165) is 0 Å². The van der Waals surface area contributed by atoms with Crippen LogP contribution in [0.3, 0.4) is 0 Å². The number of phenolic OH excluding ortho intramolecular Hbond substituents is 1. The largest absolute Gasteiger partial charge is 0.508 e. The van der Waals surface area contributed by atoms with Crippen molar-refractivity contribution in [1.29, 1.82) is 0 Å². The van der Waals surface area contributed by atoms with Crippen LogP contribution in [0.15, 0.2) is 24.3 Å². The zero-order valence-corrected chi connectivity index (χ0v) is 18.8. The summed E-state index contributed by atoms with van der Waals surface area (Å²) in [5.41, 5.74) is -3.27. The van der Waals surface area contributed by atoms with Crippen LogP contribution in [0.2, 0.25) is 0 Å². The maximum atomic E-state index is 12.7. The summed E-state index contributed by atoms with van der Waals surface area (Å²) >= 11 is 0. The molecule has 0 spiro atoms. The van der Waals surface area contributed by atoms with E-state index in [0.29, 0.717) is 0 Å². The summed E-state index contributed by atoms with van der Waals surface area (Å²) in [7, 11) is 0. The van der Waals surface area contributed by atoms with Crippen molar-refractivity contribution in [3.63, 3.8) is 0 Å². The van der Waals surface area contributed by atoms with E-state index in [2.05, 4.69) is 0 Å². The summed E-state index contributed by atoms with van der Waals surface area (Å²) < 4.78 is 29.6. The Morgan fingerprint density at radius 2 is 1.83 bits per heavy atom. The molecular formula is C23H28O12. The molecule has 8 rings (SSSR count). The van der Waals surface area contributed by atoms with E-state index in [4.69, 9.17) is 23.7 Å². The summed E-state index contributed by atoms with van der Waals surface area (Å²) in [4.78, 5) is 12.7. The van der Waals surface area contributed by atoms with Crippen LogP contribution < -0.4 is 0 Å². The Morgan fingerprint density at radius 1 is 1.11 bits per heavy atom. The predicted octanol–water partition coefficient (Wildman–Crippen LogP) is -1.65. The topological polar surface area (TPSA) is 185 Å². The fraction of sp³-hybridized carbons (Fsp3) is 0.696. The molecule has 12 heteroatoms. The maximum absolute atomic E-state index is 12.7. The lowest BCUT2D eigenvalue weighted by Gasteiger charge is -2.67. The Morgan fingerprint density at radius 3 is 2.51 bits per heavy atom. The first-order valence-corrected chi connectivity index (χ1v) is 11.5. The van der Waals surface area contributed by atoms with Gasteiger partial charge in [0.25, 0.3) is 0 Å². The standard InChI is InChI=1S/C23H28O12/c1-20-8-22(30)13-6-23(20,33-18-16(28)15(27)14(26)12(7-24)32-18)21(13,19(34-20)35-22)9-31-17(29)10-2-4-11(25)5-3-10/h2-5,12-16,18-19,24-28,30H,6-9H2,1H3/t12-,13-,14-,15+,16-,18+,19-,20+,21+,22-,23+/m0/s1. The predicted molar refractivity (Wildman–Crippen MR) is 110 cm³/mol. The normalized spacial score (nSPS) is 51.3. The smallest absolute Gasteiger partial charge is 0.338 e. The molecule has 1 aromatic carbocycles. The first kappa shape index (κ1) is 23.5. The summed E-state index contributed by atoms with van der Waals surface area (Å²) in [5, 5.41) is 61.2. The summed E-state index contributed by atoms with van der Waals surface area (Å²) in [5.74, 6) is -2.68. The van der Waals surface area contributed by atoms with Gasteiger partial charge in [-0.25, -0.2) is 4.79 Å². The van der Waals surface area contributed by atoms with Crippen LogP contribution in [0.25, 0.3) is 0 Å². The number of ether oxygens (including phenoxy) is 5. The molecule has 4 saturated heterocycles. The van der Waals surface area contributed by atoms with Gasteiger partial charge in [0.15, 0.2) is 18.4 Å². The zero-order chi connectivity index (χ0) is 25.0. The Balaban J connectivity index is 1.31. The quantitative estimate of drug-likeness (QED) is 0.247. The van der Waals surface area contributed by atoms with E-state index < -0.39 is 77.9 Å². The highest BCUT2D eigenvalue weighted by atomic mass is 16.8. The van der Waals surface area contributed by atoms with Crippen molar-refractivity contribution >= 4 is 5.97 Å². The fourth-order valence-electron chi connectivity index (χ4n) is 6.90. The highest BCUT2D eigenvalue weighted by Gasteiger charge is 2.94. The van der Waals surface area contributed by atoms with Gasteiger partial charge in [0.05, 0.1) is 17.6 Å². The molecule has 0 radical (unpaired) electrons.